The van der Waals surface area contributed by atoms with Crippen molar-refractivity contribution in [3.05, 3.63) is 68.7 Å². The molecule has 0 bridgehead atoms. The number of esters is 1. The zero-order valence-corrected chi connectivity index (χ0v) is 16.3. The van der Waals surface area contributed by atoms with Crippen LogP contribution in [0.3, 0.4) is 0 Å². The van der Waals surface area contributed by atoms with Crippen LogP contribution in [-0.2, 0) is 4.74 Å². The molecule has 0 spiro atoms. The molecule has 0 unspecified atom stereocenters. The molecule has 1 heterocycles. The minimum atomic E-state index is -0.434. The Labute approximate surface area is 163 Å². The molecule has 2 aromatic carbocycles. The molecule has 4 nitrogen and oxygen atoms in total. The highest BCUT2D eigenvalue weighted by Gasteiger charge is 2.22. The van der Waals surface area contributed by atoms with Gasteiger partial charge in [0.15, 0.2) is 0 Å². The maximum absolute atomic E-state index is 12.4. The Balaban J connectivity index is 2.22. The van der Waals surface area contributed by atoms with Gasteiger partial charge >= 0.3 is 5.97 Å². The van der Waals surface area contributed by atoms with E-state index < -0.39 is 5.97 Å². The van der Waals surface area contributed by atoms with Crippen LogP contribution in [0, 0.1) is 0 Å². The highest BCUT2D eigenvalue weighted by Crippen LogP contribution is 2.32. The highest BCUT2D eigenvalue weighted by molar-refractivity contribution is 9.10. The quantitative estimate of drug-likeness (QED) is 0.483. The van der Waals surface area contributed by atoms with Gasteiger partial charge in [0.2, 0.25) is 0 Å². The van der Waals surface area contributed by atoms with E-state index in [9.17, 15) is 4.79 Å². The first-order valence-corrected chi connectivity index (χ1v) is 9.02. The summed E-state index contributed by atoms with van der Waals surface area (Å²) in [7, 11) is 0. The van der Waals surface area contributed by atoms with Crippen LogP contribution in [0.2, 0.25) is 10.0 Å². The second-order valence-corrected chi connectivity index (χ2v) is 6.90. The van der Waals surface area contributed by atoms with Gasteiger partial charge in [-0.2, -0.15) is 5.10 Å². The van der Waals surface area contributed by atoms with Gasteiger partial charge in [0, 0.05) is 15.1 Å². The molecule has 0 saturated carbocycles. The maximum Gasteiger partial charge on any atom is 0.342 e. The Bertz CT molecular complexity index is 923. The SMILES string of the molecule is CCOC(=O)c1cnn(-c2ccc(Cl)cc2Cl)c1-c1ccc(Br)cc1. The van der Waals surface area contributed by atoms with Gasteiger partial charge in [0.25, 0.3) is 0 Å². The highest BCUT2D eigenvalue weighted by atomic mass is 79.9. The smallest absolute Gasteiger partial charge is 0.342 e. The lowest BCUT2D eigenvalue weighted by molar-refractivity contribution is 0.0527. The van der Waals surface area contributed by atoms with Crippen LogP contribution in [0.5, 0.6) is 0 Å². The van der Waals surface area contributed by atoms with E-state index in [4.69, 9.17) is 27.9 Å². The molecule has 0 fully saturated rings. The van der Waals surface area contributed by atoms with Crippen molar-refractivity contribution in [3.8, 4) is 16.9 Å². The van der Waals surface area contributed by atoms with Gasteiger partial charge in [-0.25, -0.2) is 9.48 Å². The summed E-state index contributed by atoms with van der Waals surface area (Å²) in [4.78, 5) is 12.4. The third kappa shape index (κ3) is 3.73. The maximum atomic E-state index is 12.4. The number of halogens is 3. The number of carbonyl (C=O) groups is 1. The number of nitrogens with zero attached hydrogens (tertiary/aromatic N) is 2. The molecule has 0 amide bonds. The van der Waals surface area contributed by atoms with Gasteiger partial charge in [0.1, 0.15) is 5.56 Å². The van der Waals surface area contributed by atoms with Crippen molar-refractivity contribution in [2.45, 2.75) is 6.92 Å². The van der Waals surface area contributed by atoms with Crippen LogP contribution in [0.1, 0.15) is 17.3 Å². The van der Waals surface area contributed by atoms with E-state index in [1.54, 1.807) is 29.8 Å². The second-order valence-electron chi connectivity index (χ2n) is 5.14. The largest absolute Gasteiger partial charge is 0.462 e. The van der Waals surface area contributed by atoms with Crippen molar-refractivity contribution in [1.82, 2.24) is 9.78 Å². The molecule has 0 aliphatic heterocycles. The summed E-state index contributed by atoms with van der Waals surface area (Å²) >= 11 is 15.7. The van der Waals surface area contributed by atoms with E-state index in [0.29, 0.717) is 27.0 Å². The molecule has 7 heteroatoms. The summed E-state index contributed by atoms with van der Waals surface area (Å²) in [6.07, 6.45) is 1.49. The van der Waals surface area contributed by atoms with Crippen LogP contribution in [0.4, 0.5) is 0 Å². The molecular formula is C18H13BrCl2N2O2. The third-order valence-corrected chi connectivity index (χ3v) is 4.59. The summed E-state index contributed by atoms with van der Waals surface area (Å²) in [5.41, 5.74) is 2.42. The van der Waals surface area contributed by atoms with E-state index in [-0.39, 0.29) is 6.61 Å². The van der Waals surface area contributed by atoms with Gasteiger partial charge in [-0.3, -0.25) is 0 Å². The van der Waals surface area contributed by atoms with E-state index in [0.717, 1.165) is 10.0 Å². The van der Waals surface area contributed by atoms with Crippen molar-refractivity contribution in [2.24, 2.45) is 0 Å². The van der Waals surface area contributed by atoms with Crippen LogP contribution < -0.4 is 0 Å². The number of benzene rings is 2. The van der Waals surface area contributed by atoms with Crippen LogP contribution in [0.15, 0.2) is 53.1 Å². The van der Waals surface area contributed by atoms with Gasteiger partial charge in [-0.1, -0.05) is 51.3 Å². The Morgan fingerprint density at radius 2 is 1.92 bits per heavy atom. The Morgan fingerprint density at radius 1 is 1.20 bits per heavy atom. The lowest BCUT2D eigenvalue weighted by atomic mass is 10.1. The van der Waals surface area contributed by atoms with Gasteiger partial charge < -0.3 is 4.74 Å². The minimum absolute atomic E-state index is 0.283. The Kier molecular flexibility index (Phi) is 5.47. The third-order valence-electron chi connectivity index (χ3n) is 3.52. The summed E-state index contributed by atoms with van der Waals surface area (Å²) < 4.78 is 7.71. The number of aromatic nitrogens is 2. The molecule has 128 valence electrons. The molecule has 3 aromatic rings. The van der Waals surface area contributed by atoms with Gasteiger partial charge in [-0.15, -0.1) is 0 Å². The fraction of sp³-hybridized carbons (Fsp3) is 0.111. The molecule has 1 aromatic heterocycles. The van der Waals surface area contributed by atoms with Gasteiger partial charge in [-0.05, 0) is 37.3 Å². The summed E-state index contributed by atoms with van der Waals surface area (Å²) in [5, 5.41) is 5.31. The molecular weight excluding hydrogens is 427 g/mol. The summed E-state index contributed by atoms with van der Waals surface area (Å²) in [5.74, 6) is -0.434. The van der Waals surface area contributed by atoms with Crippen molar-refractivity contribution in [3.63, 3.8) is 0 Å². The number of rotatable bonds is 4. The number of ether oxygens (including phenoxy) is 1. The molecule has 0 aliphatic rings. The van der Waals surface area contributed by atoms with Crippen molar-refractivity contribution >= 4 is 45.1 Å². The lowest BCUT2D eigenvalue weighted by Gasteiger charge is -2.11. The first-order chi connectivity index (χ1) is 12.0. The standard InChI is InChI=1S/C18H13BrCl2N2O2/c1-2-25-18(24)14-10-22-23(16-8-7-13(20)9-15(16)21)17(14)11-3-5-12(19)6-4-11/h3-10H,2H2,1H3. The average molecular weight is 440 g/mol. The normalized spacial score (nSPS) is 10.7. The molecule has 0 N–H and O–H groups in total. The number of hydrogen-bond donors (Lipinski definition) is 0. The van der Waals surface area contributed by atoms with E-state index >= 15 is 0 Å². The predicted molar refractivity (Wildman–Crippen MR) is 103 cm³/mol. The molecule has 0 saturated heterocycles. The van der Waals surface area contributed by atoms with E-state index in [2.05, 4.69) is 21.0 Å². The average Bonchev–Trinajstić information content (AvgIpc) is 3.00. The predicted octanol–water partition coefficient (Wildman–Crippen LogP) is 5.79. The molecule has 0 aliphatic carbocycles. The molecule has 0 atom stereocenters. The van der Waals surface area contributed by atoms with Crippen molar-refractivity contribution < 1.29 is 9.53 Å². The minimum Gasteiger partial charge on any atom is -0.462 e. The molecule has 3 rings (SSSR count). The molecule has 0 radical (unpaired) electrons. The van der Waals surface area contributed by atoms with Crippen LogP contribution in [0.25, 0.3) is 16.9 Å². The Hall–Kier alpha value is -1.82. The number of carbonyl (C=O) groups excluding carboxylic acids is 1. The summed E-state index contributed by atoms with van der Waals surface area (Å²) in [6.45, 7) is 2.04. The number of hydrogen-bond acceptors (Lipinski definition) is 3. The molecule has 25 heavy (non-hydrogen) atoms. The van der Waals surface area contributed by atoms with Crippen molar-refractivity contribution in [2.75, 3.05) is 6.61 Å². The van der Waals surface area contributed by atoms with Crippen molar-refractivity contribution in [1.29, 1.82) is 0 Å². The van der Waals surface area contributed by atoms with Crippen LogP contribution in [-0.4, -0.2) is 22.4 Å². The fourth-order valence-electron chi connectivity index (χ4n) is 2.43. The Morgan fingerprint density at radius 3 is 2.56 bits per heavy atom. The van der Waals surface area contributed by atoms with Crippen LogP contribution >= 0.6 is 39.1 Å². The van der Waals surface area contributed by atoms with E-state index in [1.807, 2.05) is 24.3 Å². The fourth-order valence-corrected chi connectivity index (χ4v) is 3.18. The monoisotopic (exact) mass is 438 g/mol. The second kappa shape index (κ2) is 7.60. The zero-order valence-electron chi connectivity index (χ0n) is 13.2. The lowest BCUT2D eigenvalue weighted by Crippen LogP contribution is -2.07. The zero-order chi connectivity index (χ0) is 18.0. The van der Waals surface area contributed by atoms with E-state index in [1.165, 1.54) is 6.20 Å². The first kappa shape index (κ1) is 18.0. The van der Waals surface area contributed by atoms with Gasteiger partial charge in [0.05, 0.1) is 29.2 Å². The summed E-state index contributed by atoms with van der Waals surface area (Å²) in [6, 6.07) is 12.7. The first-order valence-electron chi connectivity index (χ1n) is 7.47. The topological polar surface area (TPSA) is 44.1 Å².